The maximum atomic E-state index is 5.69. The number of hydrogen-bond acceptors (Lipinski definition) is 5. The molecule has 1 saturated heterocycles. The summed E-state index contributed by atoms with van der Waals surface area (Å²) in [4.78, 5) is 13.6. The Kier molecular flexibility index (Phi) is 10.2. The first-order chi connectivity index (χ1) is 14.2. The second kappa shape index (κ2) is 12.6. The van der Waals surface area contributed by atoms with Crippen molar-refractivity contribution in [3.63, 3.8) is 0 Å². The number of likely N-dealkylation sites (N-methyl/N-ethyl adjacent to an activating group) is 1. The van der Waals surface area contributed by atoms with E-state index in [-0.39, 0.29) is 24.0 Å². The zero-order valence-electron chi connectivity index (χ0n) is 18.1. The average molecular weight is 524 g/mol. The van der Waals surface area contributed by atoms with Gasteiger partial charge in [-0.2, -0.15) is 0 Å². The number of benzene rings is 1. The summed E-state index contributed by atoms with van der Waals surface area (Å²) in [5.41, 5.74) is 2.30. The normalized spacial score (nSPS) is 14.8. The Balaban J connectivity index is 0.00000320. The van der Waals surface area contributed by atoms with Gasteiger partial charge in [-0.25, -0.2) is 4.98 Å². The molecule has 0 atom stereocenters. The lowest BCUT2D eigenvalue weighted by atomic mass is 10.2. The summed E-state index contributed by atoms with van der Waals surface area (Å²) in [5.74, 6) is 2.71. The number of nitrogens with one attached hydrogen (secondary N) is 2. The predicted molar refractivity (Wildman–Crippen MR) is 134 cm³/mol. The van der Waals surface area contributed by atoms with Crippen LogP contribution in [0, 0.1) is 0 Å². The molecule has 0 radical (unpaired) electrons. The number of hydrogen-bond donors (Lipinski definition) is 2. The Bertz CT molecular complexity index is 808. The summed E-state index contributed by atoms with van der Waals surface area (Å²) < 4.78 is 5.69. The van der Waals surface area contributed by atoms with Crippen molar-refractivity contribution in [3.8, 4) is 5.75 Å². The lowest BCUT2D eigenvalue weighted by molar-refractivity contribution is 0.312. The molecule has 7 nitrogen and oxygen atoms in total. The first-order valence-electron chi connectivity index (χ1n) is 10.2. The second-order valence-corrected chi connectivity index (χ2v) is 7.13. The fourth-order valence-electron chi connectivity index (χ4n) is 3.31. The molecule has 0 saturated carbocycles. The highest BCUT2D eigenvalue weighted by molar-refractivity contribution is 14.0. The molecule has 3 rings (SSSR count). The maximum absolute atomic E-state index is 5.69. The molecule has 1 fully saturated rings. The van der Waals surface area contributed by atoms with Gasteiger partial charge in [-0.1, -0.05) is 18.2 Å². The number of anilines is 1. The molecule has 164 valence electrons. The van der Waals surface area contributed by atoms with Gasteiger partial charge in [-0.15, -0.1) is 24.0 Å². The SMILES string of the molecule is CCOc1ccccc1CNC(=NC)NCc1ccnc(N2CCN(C)CC2)c1.I. The van der Waals surface area contributed by atoms with Crippen molar-refractivity contribution >= 4 is 35.8 Å². The quantitative estimate of drug-likeness (QED) is 0.330. The number of pyridine rings is 1. The van der Waals surface area contributed by atoms with E-state index in [0.29, 0.717) is 19.7 Å². The van der Waals surface area contributed by atoms with E-state index in [1.54, 1.807) is 7.05 Å². The van der Waals surface area contributed by atoms with Gasteiger partial charge in [0.2, 0.25) is 0 Å². The van der Waals surface area contributed by atoms with Crippen molar-refractivity contribution in [2.24, 2.45) is 4.99 Å². The third-order valence-electron chi connectivity index (χ3n) is 5.04. The van der Waals surface area contributed by atoms with E-state index in [2.05, 4.69) is 49.6 Å². The average Bonchev–Trinajstić information content (AvgIpc) is 2.76. The molecular weight excluding hydrogens is 491 g/mol. The number of aliphatic imine (C=N–C) groups is 1. The van der Waals surface area contributed by atoms with Crippen molar-refractivity contribution < 1.29 is 4.74 Å². The smallest absolute Gasteiger partial charge is 0.191 e. The molecule has 0 bridgehead atoms. The van der Waals surface area contributed by atoms with Crippen LogP contribution in [-0.2, 0) is 13.1 Å². The van der Waals surface area contributed by atoms with Crippen LogP contribution in [0.5, 0.6) is 5.75 Å². The van der Waals surface area contributed by atoms with E-state index >= 15 is 0 Å². The molecule has 1 aromatic carbocycles. The predicted octanol–water partition coefficient (Wildman–Crippen LogP) is 2.72. The molecule has 1 aliphatic rings. The van der Waals surface area contributed by atoms with Gasteiger partial charge in [-0.3, -0.25) is 4.99 Å². The Morgan fingerprint density at radius 2 is 1.83 bits per heavy atom. The highest BCUT2D eigenvalue weighted by Crippen LogP contribution is 2.17. The van der Waals surface area contributed by atoms with Crippen molar-refractivity contribution in [1.29, 1.82) is 0 Å². The number of nitrogens with zero attached hydrogens (tertiary/aromatic N) is 4. The molecule has 1 aliphatic heterocycles. The zero-order chi connectivity index (χ0) is 20.5. The van der Waals surface area contributed by atoms with Crippen molar-refractivity contribution in [2.45, 2.75) is 20.0 Å². The Morgan fingerprint density at radius 3 is 2.57 bits per heavy atom. The summed E-state index contributed by atoms with van der Waals surface area (Å²) >= 11 is 0. The van der Waals surface area contributed by atoms with Crippen molar-refractivity contribution in [2.75, 3.05) is 51.8 Å². The fraction of sp³-hybridized carbons (Fsp3) is 0.455. The topological polar surface area (TPSA) is 65.0 Å². The van der Waals surface area contributed by atoms with E-state index in [0.717, 1.165) is 49.3 Å². The van der Waals surface area contributed by atoms with Crippen LogP contribution in [0.4, 0.5) is 5.82 Å². The van der Waals surface area contributed by atoms with Crippen LogP contribution in [0.1, 0.15) is 18.1 Å². The van der Waals surface area contributed by atoms with Crippen molar-refractivity contribution in [3.05, 3.63) is 53.7 Å². The maximum Gasteiger partial charge on any atom is 0.191 e. The lowest BCUT2D eigenvalue weighted by Crippen LogP contribution is -2.44. The van der Waals surface area contributed by atoms with Crippen molar-refractivity contribution in [1.82, 2.24) is 20.5 Å². The third kappa shape index (κ3) is 7.02. The molecule has 0 unspecified atom stereocenters. The van der Waals surface area contributed by atoms with Gasteiger partial charge in [0.05, 0.1) is 6.61 Å². The highest BCUT2D eigenvalue weighted by atomic mass is 127. The Labute approximate surface area is 196 Å². The number of ether oxygens (including phenoxy) is 1. The highest BCUT2D eigenvalue weighted by Gasteiger charge is 2.15. The van der Waals surface area contributed by atoms with Gasteiger partial charge < -0.3 is 25.2 Å². The molecule has 2 N–H and O–H groups in total. The second-order valence-electron chi connectivity index (χ2n) is 7.13. The van der Waals surface area contributed by atoms with Gasteiger partial charge in [-0.05, 0) is 37.7 Å². The number of piperazine rings is 1. The molecule has 0 aliphatic carbocycles. The van der Waals surface area contributed by atoms with E-state index in [1.807, 2.05) is 37.4 Å². The molecule has 1 aromatic heterocycles. The first-order valence-corrected chi connectivity index (χ1v) is 10.2. The first kappa shape index (κ1) is 24.2. The molecular formula is C22H33IN6O. The minimum absolute atomic E-state index is 0. The van der Waals surface area contributed by atoms with E-state index in [1.165, 1.54) is 5.56 Å². The minimum Gasteiger partial charge on any atom is -0.494 e. The van der Waals surface area contributed by atoms with Gasteiger partial charge in [0, 0.05) is 58.1 Å². The number of rotatable bonds is 7. The van der Waals surface area contributed by atoms with Crippen LogP contribution < -0.4 is 20.3 Å². The lowest BCUT2D eigenvalue weighted by Gasteiger charge is -2.33. The van der Waals surface area contributed by atoms with Gasteiger partial charge in [0.25, 0.3) is 0 Å². The molecule has 8 heteroatoms. The zero-order valence-corrected chi connectivity index (χ0v) is 20.4. The molecule has 2 aromatic rings. The Hall–Kier alpha value is -2.07. The number of halogens is 1. The molecule has 30 heavy (non-hydrogen) atoms. The standard InChI is InChI=1S/C22H32N6O.HI/c1-4-29-20-8-6-5-7-19(20)17-26-22(23-2)25-16-18-9-10-24-21(15-18)28-13-11-27(3)12-14-28;/h5-10,15H,4,11-14,16-17H2,1-3H3,(H2,23,25,26);1H. The van der Waals surface area contributed by atoms with Crippen LogP contribution >= 0.6 is 24.0 Å². The summed E-state index contributed by atoms with van der Waals surface area (Å²) in [6.07, 6.45) is 1.89. The van der Waals surface area contributed by atoms with Gasteiger partial charge >= 0.3 is 0 Å². The minimum atomic E-state index is 0. The Morgan fingerprint density at radius 1 is 1.10 bits per heavy atom. The number of aromatic nitrogens is 1. The fourth-order valence-corrected chi connectivity index (χ4v) is 3.31. The van der Waals surface area contributed by atoms with Crippen LogP contribution in [-0.4, -0.2) is 62.7 Å². The summed E-state index contributed by atoms with van der Waals surface area (Å²) in [6.45, 7) is 8.17. The third-order valence-corrected chi connectivity index (χ3v) is 5.04. The number of para-hydroxylation sites is 1. The molecule has 0 amide bonds. The van der Waals surface area contributed by atoms with Crippen LogP contribution in [0.15, 0.2) is 47.6 Å². The monoisotopic (exact) mass is 524 g/mol. The number of guanidine groups is 1. The summed E-state index contributed by atoms with van der Waals surface area (Å²) in [6, 6.07) is 12.3. The largest absolute Gasteiger partial charge is 0.494 e. The summed E-state index contributed by atoms with van der Waals surface area (Å²) in [5, 5.41) is 6.75. The molecule has 0 spiro atoms. The van der Waals surface area contributed by atoms with E-state index < -0.39 is 0 Å². The summed E-state index contributed by atoms with van der Waals surface area (Å²) in [7, 11) is 3.95. The van der Waals surface area contributed by atoms with Gasteiger partial charge in [0.15, 0.2) is 5.96 Å². The molecule has 2 heterocycles. The van der Waals surface area contributed by atoms with Gasteiger partial charge in [0.1, 0.15) is 11.6 Å². The van der Waals surface area contributed by atoms with E-state index in [4.69, 9.17) is 4.74 Å². The van der Waals surface area contributed by atoms with E-state index in [9.17, 15) is 0 Å². The van der Waals surface area contributed by atoms with Crippen LogP contribution in [0.25, 0.3) is 0 Å². The van der Waals surface area contributed by atoms with Crippen LogP contribution in [0.2, 0.25) is 0 Å². The van der Waals surface area contributed by atoms with Crippen LogP contribution in [0.3, 0.4) is 0 Å².